The predicted octanol–water partition coefficient (Wildman–Crippen LogP) is 3.04. The second-order valence-corrected chi connectivity index (χ2v) is 4.60. The largest absolute Gasteiger partial charge is 0.323 e. The Morgan fingerprint density at radius 3 is 3.00 bits per heavy atom. The van der Waals surface area contributed by atoms with Crippen molar-refractivity contribution in [2.75, 3.05) is 0 Å². The highest BCUT2D eigenvalue weighted by Crippen LogP contribution is 2.20. The molecule has 0 aliphatic carbocycles. The molecule has 0 spiro atoms. The number of rotatable bonds is 3. The summed E-state index contributed by atoms with van der Waals surface area (Å²) in [7, 11) is 0. The van der Waals surface area contributed by atoms with Crippen LogP contribution in [0, 0.1) is 0 Å². The Kier molecular flexibility index (Phi) is 3.41. The van der Waals surface area contributed by atoms with E-state index in [-0.39, 0.29) is 6.04 Å². The third-order valence-electron chi connectivity index (χ3n) is 2.57. The van der Waals surface area contributed by atoms with Crippen molar-refractivity contribution in [2.45, 2.75) is 19.4 Å². The Morgan fingerprint density at radius 1 is 1.50 bits per heavy atom. The Morgan fingerprint density at radius 2 is 2.31 bits per heavy atom. The van der Waals surface area contributed by atoms with Gasteiger partial charge in [0.1, 0.15) is 0 Å². The zero-order chi connectivity index (χ0) is 11.5. The molecule has 0 unspecified atom stereocenters. The van der Waals surface area contributed by atoms with Crippen molar-refractivity contribution in [3.63, 3.8) is 0 Å². The van der Waals surface area contributed by atoms with Gasteiger partial charge >= 0.3 is 0 Å². The van der Waals surface area contributed by atoms with E-state index in [2.05, 4.69) is 27.8 Å². The van der Waals surface area contributed by atoms with Crippen LogP contribution in [0.1, 0.15) is 25.1 Å². The SMILES string of the molecule is CC[C@@H](N)c1cncn1-c1cccc(Br)c1. The van der Waals surface area contributed by atoms with E-state index in [4.69, 9.17) is 5.73 Å². The molecule has 0 amide bonds. The molecule has 0 bridgehead atoms. The van der Waals surface area contributed by atoms with Crippen LogP contribution in [0.25, 0.3) is 5.69 Å². The fourth-order valence-corrected chi connectivity index (χ4v) is 2.02. The van der Waals surface area contributed by atoms with Gasteiger partial charge in [-0.1, -0.05) is 28.9 Å². The number of nitrogens with two attached hydrogens (primary N) is 1. The summed E-state index contributed by atoms with van der Waals surface area (Å²) < 4.78 is 3.08. The third kappa shape index (κ3) is 2.18. The molecule has 84 valence electrons. The van der Waals surface area contributed by atoms with Crippen LogP contribution in [0.5, 0.6) is 0 Å². The van der Waals surface area contributed by atoms with Crippen molar-refractivity contribution < 1.29 is 0 Å². The lowest BCUT2D eigenvalue weighted by Gasteiger charge is -2.13. The Hall–Kier alpha value is -1.13. The van der Waals surface area contributed by atoms with Gasteiger partial charge in [-0.3, -0.25) is 0 Å². The first kappa shape index (κ1) is 11.4. The maximum absolute atomic E-state index is 6.04. The van der Waals surface area contributed by atoms with Crippen molar-refractivity contribution >= 4 is 15.9 Å². The summed E-state index contributed by atoms with van der Waals surface area (Å²) >= 11 is 3.46. The van der Waals surface area contributed by atoms with Crippen LogP contribution in [0.4, 0.5) is 0 Å². The van der Waals surface area contributed by atoms with Gasteiger partial charge in [-0.25, -0.2) is 4.98 Å². The Bertz CT molecular complexity index is 479. The quantitative estimate of drug-likeness (QED) is 0.939. The predicted molar refractivity (Wildman–Crippen MR) is 68.5 cm³/mol. The van der Waals surface area contributed by atoms with Crippen LogP contribution >= 0.6 is 15.9 Å². The van der Waals surface area contributed by atoms with E-state index in [1.165, 1.54) is 0 Å². The van der Waals surface area contributed by atoms with E-state index in [0.29, 0.717) is 0 Å². The number of halogens is 1. The maximum Gasteiger partial charge on any atom is 0.0994 e. The summed E-state index contributed by atoms with van der Waals surface area (Å²) in [5.74, 6) is 0. The molecule has 0 saturated heterocycles. The fraction of sp³-hybridized carbons (Fsp3) is 0.250. The standard InChI is InChI=1S/C12H14BrN3/c1-2-11(14)12-7-15-8-16(12)10-5-3-4-9(13)6-10/h3-8,11H,2,14H2,1H3/t11-/m1/s1. The molecule has 1 aromatic carbocycles. The lowest BCUT2D eigenvalue weighted by atomic mass is 10.2. The van der Waals surface area contributed by atoms with Gasteiger partial charge in [0.2, 0.25) is 0 Å². The van der Waals surface area contributed by atoms with Gasteiger partial charge in [0.25, 0.3) is 0 Å². The normalized spacial score (nSPS) is 12.7. The van der Waals surface area contributed by atoms with E-state index >= 15 is 0 Å². The molecular weight excluding hydrogens is 266 g/mol. The molecule has 3 nitrogen and oxygen atoms in total. The van der Waals surface area contributed by atoms with E-state index in [1.807, 2.05) is 35.0 Å². The minimum absolute atomic E-state index is 0.0291. The summed E-state index contributed by atoms with van der Waals surface area (Å²) in [5, 5.41) is 0. The fourth-order valence-electron chi connectivity index (χ4n) is 1.63. The van der Waals surface area contributed by atoms with Crippen LogP contribution < -0.4 is 5.73 Å². The first-order chi connectivity index (χ1) is 7.72. The number of aromatic nitrogens is 2. The highest BCUT2D eigenvalue weighted by Gasteiger charge is 2.10. The number of benzene rings is 1. The van der Waals surface area contributed by atoms with Crippen molar-refractivity contribution in [2.24, 2.45) is 5.73 Å². The molecule has 0 fully saturated rings. The Balaban J connectivity index is 2.44. The monoisotopic (exact) mass is 279 g/mol. The number of nitrogens with zero attached hydrogens (tertiary/aromatic N) is 2. The summed E-state index contributed by atoms with van der Waals surface area (Å²) in [6.07, 6.45) is 4.53. The highest BCUT2D eigenvalue weighted by atomic mass is 79.9. The zero-order valence-electron chi connectivity index (χ0n) is 9.10. The Labute approximate surface area is 103 Å². The summed E-state index contributed by atoms with van der Waals surface area (Å²) in [4.78, 5) is 4.16. The maximum atomic E-state index is 6.04. The lowest BCUT2D eigenvalue weighted by Crippen LogP contribution is -2.13. The second kappa shape index (κ2) is 4.80. The molecule has 1 atom stereocenters. The number of hydrogen-bond acceptors (Lipinski definition) is 2. The van der Waals surface area contributed by atoms with Gasteiger partial charge in [0, 0.05) is 16.2 Å². The first-order valence-electron chi connectivity index (χ1n) is 5.26. The summed E-state index contributed by atoms with van der Waals surface area (Å²) in [6, 6.07) is 8.12. The van der Waals surface area contributed by atoms with Crippen molar-refractivity contribution in [3.05, 3.63) is 47.0 Å². The van der Waals surface area contributed by atoms with Crippen LogP contribution in [-0.2, 0) is 0 Å². The minimum atomic E-state index is 0.0291. The second-order valence-electron chi connectivity index (χ2n) is 3.68. The summed E-state index contributed by atoms with van der Waals surface area (Å²) in [6.45, 7) is 2.07. The van der Waals surface area contributed by atoms with Gasteiger partial charge in [0.15, 0.2) is 0 Å². The van der Waals surface area contributed by atoms with Crippen molar-refractivity contribution in [3.8, 4) is 5.69 Å². The highest BCUT2D eigenvalue weighted by molar-refractivity contribution is 9.10. The van der Waals surface area contributed by atoms with Crippen molar-refractivity contribution in [1.29, 1.82) is 0 Å². The topological polar surface area (TPSA) is 43.8 Å². The average Bonchev–Trinajstić information content (AvgIpc) is 2.77. The zero-order valence-corrected chi connectivity index (χ0v) is 10.7. The molecule has 0 aliphatic heterocycles. The molecule has 4 heteroatoms. The van der Waals surface area contributed by atoms with Gasteiger partial charge in [0.05, 0.1) is 18.2 Å². The average molecular weight is 280 g/mol. The third-order valence-corrected chi connectivity index (χ3v) is 3.07. The molecule has 1 heterocycles. The molecular formula is C12H14BrN3. The van der Waals surface area contributed by atoms with Crippen molar-refractivity contribution in [1.82, 2.24) is 9.55 Å². The van der Waals surface area contributed by atoms with E-state index in [9.17, 15) is 0 Å². The summed E-state index contributed by atoms with van der Waals surface area (Å²) in [5.41, 5.74) is 8.16. The molecule has 0 aliphatic rings. The lowest BCUT2D eigenvalue weighted by molar-refractivity contribution is 0.660. The molecule has 2 aromatic rings. The van der Waals surface area contributed by atoms with E-state index < -0.39 is 0 Å². The molecule has 2 rings (SSSR count). The van der Waals surface area contributed by atoms with E-state index in [1.54, 1.807) is 6.33 Å². The van der Waals surface area contributed by atoms with Crippen LogP contribution in [0.15, 0.2) is 41.3 Å². The molecule has 0 saturated carbocycles. The number of imidazole rings is 1. The van der Waals surface area contributed by atoms with Gasteiger partial charge in [-0.05, 0) is 24.6 Å². The van der Waals surface area contributed by atoms with E-state index in [0.717, 1.165) is 22.3 Å². The minimum Gasteiger partial charge on any atom is -0.323 e. The van der Waals surface area contributed by atoms with Gasteiger partial charge in [-0.2, -0.15) is 0 Å². The number of hydrogen-bond donors (Lipinski definition) is 1. The molecule has 16 heavy (non-hydrogen) atoms. The molecule has 2 N–H and O–H groups in total. The van der Waals surface area contributed by atoms with Crippen LogP contribution in [0.2, 0.25) is 0 Å². The van der Waals surface area contributed by atoms with Crippen LogP contribution in [0.3, 0.4) is 0 Å². The smallest absolute Gasteiger partial charge is 0.0994 e. The first-order valence-corrected chi connectivity index (χ1v) is 6.05. The van der Waals surface area contributed by atoms with Gasteiger partial charge in [-0.15, -0.1) is 0 Å². The molecule has 0 radical (unpaired) electrons. The van der Waals surface area contributed by atoms with Gasteiger partial charge < -0.3 is 10.3 Å². The van der Waals surface area contributed by atoms with Crippen LogP contribution in [-0.4, -0.2) is 9.55 Å². The molecule has 1 aromatic heterocycles.